The van der Waals surface area contributed by atoms with Crippen LogP contribution in [0.4, 0.5) is 0 Å². The minimum absolute atomic E-state index is 0.108. The van der Waals surface area contributed by atoms with Gasteiger partial charge in [0.15, 0.2) is 0 Å². The fourth-order valence-electron chi connectivity index (χ4n) is 1.46. The summed E-state index contributed by atoms with van der Waals surface area (Å²) < 4.78 is 0. The van der Waals surface area contributed by atoms with Crippen LogP contribution in [0.1, 0.15) is 18.9 Å². The van der Waals surface area contributed by atoms with Crippen LogP contribution in [0.5, 0.6) is 0 Å². The Morgan fingerprint density at radius 1 is 1.27 bits per heavy atom. The molecule has 0 radical (unpaired) electrons. The molecule has 0 aliphatic heterocycles. The second-order valence-corrected chi connectivity index (χ2v) is 3.57. The van der Waals surface area contributed by atoms with E-state index in [1.807, 2.05) is 30.3 Å². The van der Waals surface area contributed by atoms with Crippen molar-refractivity contribution in [1.82, 2.24) is 0 Å². The quantitative estimate of drug-likeness (QED) is 0.706. The predicted octanol–water partition coefficient (Wildman–Crippen LogP) is 0.574. The number of ketones is 1. The van der Waals surface area contributed by atoms with Gasteiger partial charge >= 0.3 is 0 Å². The number of carbonyl (C=O) groups is 2. The van der Waals surface area contributed by atoms with E-state index in [9.17, 15) is 14.7 Å². The normalized spacial score (nSPS) is 12.1. The first-order chi connectivity index (χ1) is 7.09. The molecule has 80 valence electrons. The molecule has 0 saturated heterocycles. The highest BCUT2D eigenvalue weighted by Crippen LogP contribution is 2.12. The molecular formula is C12H13O3-. The molecule has 3 heteroatoms. The van der Waals surface area contributed by atoms with Gasteiger partial charge in [0.05, 0.1) is 0 Å². The lowest BCUT2D eigenvalue weighted by Gasteiger charge is -2.14. The third-order valence-corrected chi connectivity index (χ3v) is 2.31. The van der Waals surface area contributed by atoms with Crippen LogP contribution in [0, 0.1) is 5.92 Å². The van der Waals surface area contributed by atoms with Crippen LogP contribution in [-0.4, -0.2) is 11.8 Å². The van der Waals surface area contributed by atoms with E-state index in [1.54, 1.807) is 0 Å². The topological polar surface area (TPSA) is 57.2 Å². The second-order valence-electron chi connectivity index (χ2n) is 3.57. The fraction of sp³-hybridized carbons (Fsp3) is 0.333. The number of hydrogen-bond acceptors (Lipinski definition) is 3. The number of aliphatic carboxylic acids is 1. The number of Topliss-reactive ketones (excluding diaryl/α,β-unsaturated/α-hetero) is 1. The zero-order valence-corrected chi connectivity index (χ0v) is 8.60. The van der Waals surface area contributed by atoms with Gasteiger partial charge in [0, 0.05) is 11.9 Å². The van der Waals surface area contributed by atoms with Crippen molar-refractivity contribution < 1.29 is 14.7 Å². The molecule has 0 aliphatic carbocycles. The first-order valence-electron chi connectivity index (χ1n) is 4.84. The van der Waals surface area contributed by atoms with Crippen molar-refractivity contribution in [2.24, 2.45) is 5.92 Å². The number of carboxylic acids is 1. The molecule has 0 N–H and O–H groups in total. The number of rotatable bonds is 5. The van der Waals surface area contributed by atoms with Gasteiger partial charge in [-0.25, -0.2) is 0 Å². The van der Waals surface area contributed by atoms with Crippen LogP contribution in [0.3, 0.4) is 0 Å². The molecule has 1 atom stereocenters. The van der Waals surface area contributed by atoms with Crippen molar-refractivity contribution in [1.29, 1.82) is 0 Å². The van der Waals surface area contributed by atoms with Crippen LogP contribution < -0.4 is 5.11 Å². The predicted molar refractivity (Wildman–Crippen MR) is 53.9 cm³/mol. The largest absolute Gasteiger partial charge is 0.550 e. The van der Waals surface area contributed by atoms with Crippen molar-refractivity contribution >= 4 is 11.8 Å². The molecule has 0 heterocycles. The summed E-state index contributed by atoms with van der Waals surface area (Å²) in [6.45, 7) is 1.41. The third kappa shape index (κ3) is 3.94. The number of benzene rings is 1. The average Bonchev–Trinajstić information content (AvgIpc) is 2.17. The van der Waals surface area contributed by atoms with Crippen molar-refractivity contribution in [3.05, 3.63) is 35.9 Å². The van der Waals surface area contributed by atoms with Gasteiger partial charge in [-0.3, -0.25) is 4.79 Å². The van der Waals surface area contributed by atoms with Gasteiger partial charge in [0.25, 0.3) is 0 Å². The first kappa shape index (κ1) is 11.4. The summed E-state index contributed by atoms with van der Waals surface area (Å²) in [4.78, 5) is 21.6. The van der Waals surface area contributed by atoms with Gasteiger partial charge in [-0.1, -0.05) is 30.3 Å². The minimum Gasteiger partial charge on any atom is -0.550 e. The maximum atomic E-state index is 11.2. The molecule has 1 rings (SSSR count). The minimum atomic E-state index is -1.17. The Hall–Kier alpha value is -1.64. The lowest BCUT2D eigenvalue weighted by molar-refractivity contribution is -0.306. The monoisotopic (exact) mass is 205 g/mol. The van der Waals surface area contributed by atoms with E-state index >= 15 is 0 Å². The molecule has 0 bridgehead atoms. The highest BCUT2D eigenvalue weighted by Gasteiger charge is 2.14. The lowest BCUT2D eigenvalue weighted by Crippen LogP contribution is -2.28. The van der Waals surface area contributed by atoms with E-state index < -0.39 is 11.9 Å². The fourth-order valence-corrected chi connectivity index (χ4v) is 1.46. The Kier molecular flexibility index (Phi) is 4.03. The van der Waals surface area contributed by atoms with E-state index in [1.165, 1.54) is 6.92 Å². The Labute approximate surface area is 88.7 Å². The van der Waals surface area contributed by atoms with Crippen LogP contribution in [0.25, 0.3) is 0 Å². The van der Waals surface area contributed by atoms with Gasteiger partial charge < -0.3 is 9.90 Å². The van der Waals surface area contributed by atoms with Gasteiger partial charge in [-0.15, -0.1) is 0 Å². The molecule has 0 fully saturated rings. The van der Waals surface area contributed by atoms with Crippen molar-refractivity contribution in [3.63, 3.8) is 0 Å². The van der Waals surface area contributed by atoms with E-state index in [2.05, 4.69) is 0 Å². The Morgan fingerprint density at radius 3 is 2.33 bits per heavy atom. The number of carbonyl (C=O) groups excluding carboxylic acids is 2. The number of hydrogen-bond donors (Lipinski definition) is 0. The molecule has 0 saturated carbocycles. The smallest absolute Gasteiger partial charge is 0.133 e. The lowest BCUT2D eigenvalue weighted by atomic mass is 9.93. The summed E-state index contributed by atoms with van der Waals surface area (Å²) in [6.07, 6.45) is 0.258. The number of carboxylic acid groups (broad SMARTS) is 1. The summed E-state index contributed by atoms with van der Waals surface area (Å²) in [7, 11) is 0. The highest BCUT2D eigenvalue weighted by molar-refractivity contribution is 5.82. The molecule has 1 aromatic carbocycles. The molecule has 0 amide bonds. The van der Waals surface area contributed by atoms with Crippen LogP contribution in [-0.2, 0) is 16.0 Å². The third-order valence-electron chi connectivity index (χ3n) is 2.31. The van der Waals surface area contributed by atoms with E-state index in [4.69, 9.17) is 0 Å². The van der Waals surface area contributed by atoms with Gasteiger partial charge in [-0.05, 0) is 25.3 Å². The summed E-state index contributed by atoms with van der Waals surface area (Å²) in [6, 6.07) is 9.37. The maximum absolute atomic E-state index is 11.2. The Bertz CT molecular complexity index is 343. The SMILES string of the molecule is CC(=O)C(CC(=O)[O-])Cc1ccccc1. The summed E-state index contributed by atoms with van der Waals surface area (Å²) in [5, 5.41) is 10.4. The summed E-state index contributed by atoms with van der Waals surface area (Å²) in [5.74, 6) is -1.76. The van der Waals surface area contributed by atoms with E-state index in [0.29, 0.717) is 6.42 Å². The highest BCUT2D eigenvalue weighted by atomic mass is 16.4. The first-order valence-corrected chi connectivity index (χ1v) is 4.84. The summed E-state index contributed by atoms with van der Waals surface area (Å²) >= 11 is 0. The molecule has 1 unspecified atom stereocenters. The molecular weight excluding hydrogens is 192 g/mol. The van der Waals surface area contributed by atoms with Crippen LogP contribution >= 0.6 is 0 Å². The van der Waals surface area contributed by atoms with Crippen molar-refractivity contribution in [2.45, 2.75) is 19.8 Å². The summed E-state index contributed by atoms with van der Waals surface area (Å²) in [5.41, 5.74) is 0.971. The molecule has 0 aromatic heterocycles. The Balaban J connectivity index is 2.67. The van der Waals surface area contributed by atoms with Crippen LogP contribution in [0.2, 0.25) is 0 Å². The Morgan fingerprint density at radius 2 is 1.87 bits per heavy atom. The zero-order valence-electron chi connectivity index (χ0n) is 8.60. The molecule has 3 nitrogen and oxygen atoms in total. The molecule has 0 aliphatic rings. The molecule has 1 aromatic rings. The van der Waals surface area contributed by atoms with Gasteiger partial charge in [0.2, 0.25) is 0 Å². The average molecular weight is 205 g/mol. The molecule has 15 heavy (non-hydrogen) atoms. The second kappa shape index (κ2) is 5.29. The van der Waals surface area contributed by atoms with E-state index in [-0.39, 0.29) is 12.2 Å². The van der Waals surface area contributed by atoms with Gasteiger partial charge in [0.1, 0.15) is 5.78 Å². The van der Waals surface area contributed by atoms with Crippen LogP contribution in [0.15, 0.2) is 30.3 Å². The molecule has 0 spiro atoms. The maximum Gasteiger partial charge on any atom is 0.133 e. The van der Waals surface area contributed by atoms with Crippen molar-refractivity contribution in [2.75, 3.05) is 0 Å². The standard InChI is InChI=1S/C12H14O3/c1-9(13)11(8-12(14)15)7-10-5-3-2-4-6-10/h2-6,11H,7-8H2,1H3,(H,14,15)/p-1. The van der Waals surface area contributed by atoms with Gasteiger partial charge in [-0.2, -0.15) is 0 Å². The van der Waals surface area contributed by atoms with E-state index in [0.717, 1.165) is 5.56 Å². The zero-order chi connectivity index (χ0) is 11.3. The van der Waals surface area contributed by atoms with Crippen molar-refractivity contribution in [3.8, 4) is 0 Å².